The molecule has 0 amide bonds. The first kappa shape index (κ1) is 12.6. The summed E-state index contributed by atoms with van der Waals surface area (Å²) in [4.78, 5) is 13.9. The Morgan fingerprint density at radius 3 is 3.10 bits per heavy atom. The first-order valence-electron chi connectivity index (χ1n) is 6.69. The summed E-state index contributed by atoms with van der Waals surface area (Å²) in [6.07, 6.45) is 2.43. The van der Waals surface area contributed by atoms with Crippen molar-refractivity contribution >= 4 is 34.3 Å². The van der Waals surface area contributed by atoms with Crippen LogP contribution in [-0.4, -0.2) is 21.7 Å². The van der Waals surface area contributed by atoms with E-state index in [1.54, 1.807) is 11.8 Å². The average molecular weight is 300 g/mol. The highest BCUT2D eigenvalue weighted by Gasteiger charge is 2.26. The van der Waals surface area contributed by atoms with Crippen LogP contribution in [-0.2, 0) is 6.42 Å². The lowest BCUT2D eigenvalue weighted by atomic mass is 10.1. The van der Waals surface area contributed by atoms with Gasteiger partial charge in [0.15, 0.2) is 11.5 Å². The van der Waals surface area contributed by atoms with Crippen LogP contribution in [0.4, 0.5) is 17.3 Å². The molecule has 4 N–H and O–H groups in total. The van der Waals surface area contributed by atoms with Crippen molar-refractivity contribution in [3.63, 3.8) is 0 Å². The lowest BCUT2D eigenvalue weighted by Gasteiger charge is -2.06. The number of hydrogen-bond donors (Lipinski definition) is 2. The molecule has 0 bridgehead atoms. The molecule has 0 radical (unpaired) electrons. The first-order chi connectivity index (χ1) is 10.2. The normalized spacial score (nSPS) is 15.4. The van der Waals surface area contributed by atoms with E-state index < -0.39 is 0 Å². The second-order valence-electron chi connectivity index (χ2n) is 5.01. The smallest absolute Gasteiger partial charge is 0.272 e. The number of aryl methyl sites for hydroxylation is 1. The third-order valence-corrected chi connectivity index (χ3v) is 4.64. The molecule has 0 unspecified atom stereocenters. The van der Waals surface area contributed by atoms with E-state index in [1.165, 1.54) is 22.3 Å². The Morgan fingerprint density at radius 1 is 1.33 bits per heavy atom. The number of nitrogen functional groups attached to an aromatic ring is 1. The van der Waals surface area contributed by atoms with Crippen molar-refractivity contribution in [2.45, 2.75) is 18.2 Å². The molecule has 0 saturated carbocycles. The minimum absolute atomic E-state index is 0.422. The van der Waals surface area contributed by atoms with Crippen LogP contribution >= 0.6 is 11.8 Å². The van der Waals surface area contributed by atoms with Crippen LogP contribution in [0.5, 0.6) is 5.75 Å². The molecule has 0 aliphatic carbocycles. The highest BCUT2D eigenvalue weighted by molar-refractivity contribution is 8.13. The van der Waals surface area contributed by atoms with Crippen LogP contribution in [0.1, 0.15) is 11.1 Å². The second kappa shape index (κ2) is 4.71. The Labute approximate surface area is 125 Å². The number of thioether (sulfide) groups is 1. The van der Waals surface area contributed by atoms with Gasteiger partial charge >= 0.3 is 0 Å². The molecule has 0 saturated heterocycles. The topological polar surface area (TPSA) is 90.0 Å². The summed E-state index contributed by atoms with van der Waals surface area (Å²) in [5.74, 6) is 2.21. The van der Waals surface area contributed by atoms with E-state index in [4.69, 9.17) is 10.5 Å². The highest BCUT2D eigenvalue weighted by atomic mass is 32.2. The number of ether oxygens (including phenoxy) is 1. The molecule has 2 aromatic rings. The lowest BCUT2D eigenvalue weighted by molar-refractivity contribution is -0.436. The molecular formula is C14H14N5OS+. The molecule has 21 heavy (non-hydrogen) atoms. The maximum absolute atomic E-state index is 5.83. The number of rotatable bonds is 1. The number of nitrogens with zero attached hydrogens (tertiary/aromatic N) is 3. The summed E-state index contributed by atoms with van der Waals surface area (Å²) in [5.41, 5.74) is 8.95. The van der Waals surface area contributed by atoms with Crippen LogP contribution in [0, 0.1) is 6.92 Å². The van der Waals surface area contributed by atoms with E-state index in [2.05, 4.69) is 34.0 Å². The number of benzene rings is 1. The van der Waals surface area contributed by atoms with Gasteiger partial charge in [-0.3, -0.25) is 0 Å². The average Bonchev–Trinajstić information content (AvgIpc) is 3.06. The molecule has 3 heterocycles. The summed E-state index contributed by atoms with van der Waals surface area (Å²) in [7, 11) is 0. The standard InChI is InChI=1S/C14H13N5OS/c1-7-4-9-8(2-3-20-9)5-10(7)21-14-18-11-12(15)16-6-17-13(11)19-14/h4-6H,2-3H2,1H3,(H3,15,16,17,18,19)/p+1. The highest BCUT2D eigenvalue weighted by Crippen LogP contribution is 2.35. The minimum Gasteiger partial charge on any atom is -0.493 e. The fraction of sp³-hybridized carbons (Fsp3) is 0.214. The monoisotopic (exact) mass is 300 g/mol. The van der Waals surface area contributed by atoms with Crippen LogP contribution in [0.3, 0.4) is 0 Å². The zero-order valence-electron chi connectivity index (χ0n) is 11.5. The van der Waals surface area contributed by atoms with E-state index in [0.29, 0.717) is 11.5 Å². The van der Waals surface area contributed by atoms with Gasteiger partial charge in [0.25, 0.3) is 11.0 Å². The molecular weight excluding hydrogens is 286 g/mol. The van der Waals surface area contributed by atoms with Gasteiger partial charge in [-0.15, -0.1) is 0 Å². The molecule has 0 fully saturated rings. The number of amidine groups is 1. The molecule has 1 aromatic carbocycles. The Morgan fingerprint density at radius 2 is 2.24 bits per heavy atom. The number of aliphatic imine (C=N–C) groups is 1. The zero-order chi connectivity index (χ0) is 14.4. The van der Waals surface area contributed by atoms with Gasteiger partial charge < -0.3 is 10.5 Å². The predicted octanol–water partition coefficient (Wildman–Crippen LogP) is 1.29. The zero-order valence-corrected chi connectivity index (χ0v) is 12.3. The molecule has 4 rings (SSSR count). The van der Waals surface area contributed by atoms with Gasteiger partial charge in [-0.25, -0.2) is 10.3 Å². The van der Waals surface area contributed by atoms with Crippen LogP contribution in [0.15, 0.2) is 28.3 Å². The molecule has 2 aliphatic heterocycles. The molecule has 7 heteroatoms. The number of quaternary nitrogens is 1. The van der Waals surface area contributed by atoms with Crippen LogP contribution in [0.2, 0.25) is 0 Å². The maximum Gasteiger partial charge on any atom is 0.272 e. The third-order valence-electron chi connectivity index (χ3n) is 3.56. The number of hydrogen-bond acceptors (Lipinski definition) is 6. The Balaban J connectivity index is 1.64. The molecule has 0 spiro atoms. The van der Waals surface area contributed by atoms with Gasteiger partial charge in [0.1, 0.15) is 12.1 Å². The van der Waals surface area contributed by atoms with Crippen molar-refractivity contribution < 1.29 is 10.1 Å². The van der Waals surface area contributed by atoms with Crippen LogP contribution in [0.25, 0.3) is 0 Å². The Bertz CT molecular complexity index is 774. The van der Waals surface area contributed by atoms with Gasteiger partial charge in [-0.1, -0.05) is 0 Å². The van der Waals surface area contributed by atoms with Crippen molar-refractivity contribution in [3.05, 3.63) is 29.6 Å². The lowest BCUT2D eigenvalue weighted by Crippen LogP contribution is -2.79. The number of fused-ring (bicyclic) bond motifs is 2. The Hall–Kier alpha value is -2.12. The summed E-state index contributed by atoms with van der Waals surface area (Å²) in [5, 5.41) is 2.83. The fourth-order valence-electron chi connectivity index (χ4n) is 2.47. The third kappa shape index (κ3) is 2.14. The molecule has 0 atom stereocenters. The van der Waals surface area contributed by atoms with Crippen molar-refractivity contribution in [1.29, 1.82) is 0 Å². The molecule has 2 aliphatic rings. The van der Waals surface area contributed by atoms with Crippen molar-refractivity contribution in [2.75, 3.05) is 12.3 Å². The molecule has 1 aromatic heterocycles. The summed E-state index contributed by atoms with van der Waals surface area (Å²) in [6.45, 7) is 2.86. The quantitative estimate of drug-likeness (QED) is 0.828. The van der Waals surface area contributed by atoms with Gasteiger partial charge in [0, 0.05) is 11.3 Å². The summed E-state index contributed by atoms with van der Waals surface area (Å²) < 4.78 is 5.59. The Kier molecular flexibility index (Phi) is 2.83. The van der Waals surface area contributed by atoms with E-state index in [9.17, 15) is 0 Å². The molecule has 106 valence electrons. The second-order valence-corrected chi connectivity index (χ2v) is 6.08. The largest absolute Gasteiger partial charge is 0.493 e. The number of aromatic nitrogens is 2. The van der Waals surface area contributed by atoms with Crippen molar-refractivity contribution in [3.8, 4) is 5.75 Å². The first-order valence-corrected chi connectivity index (χ1v) is 7.50. The van der Waals surface area contributed by atoms with E-state index in [0.717, 1.165) is 29.8 Å². The van der Waals surface area contributed by atoms with Gasteiger partial charge in [0.05, 0.1) is 6.61 Å². The van der Waals surface area contributed by atoms with Gasteiger partial charge in [-0.05, 0) is 41.9 Å². The van der Waals surface area contributed by atoms with E-state index in [1.807, 2.05) is 5.32 Å². The van der Waals surface area contributed by atoms with Gasteiger partial charge in [-0.2, -0.15) is 9.98 Å². The van der Waals surface area contributed by atoms with Crippen molar-refractivity contribution in [2.24, 2.45) is 4.99 Å². The number of nitrogens with two attached hydrogens (primary N) is 2. The molecule has 6 nitrogen and oxygen atoms in total. The summed E-state index contributed by atoms with van der Waals surface area (Å²) in [6, 6.07) is 4.29. The predicted molar refractivity (Wildman–Crippen MR) is 81.4 cm³/mol. The fourth-order valence-corrected chi connectivity index (χ4v) is 3.42. The summed E-state index contributed by atoms with van der Waals surface area (Å²) >= 11 is 1.62. The van der Waals surface area contributed by atoms with Crippen molar-refractivity contribution in [1.82, 2.24) is 9.97 Å². The van der Waals surface area contributed by atoms with Gasteiger partial charge in [0.2, 0.25) is 0 Å². The SMILES string of the molecule is Cc1cc2c(cc1SC1=Nc3c(N)ncnc3[NH2+]1)CCO2. The minimum atomic E-state index is 0.422. The van der Waals surface area contributed by atoms with Crippen LogP contribution < -0.4 is 15.8 Å². The van der Waals surface area contributed by atoms with E-state index >= 15 is 0 Å². The van der Waals surface area contributed by atoms with E-state index in [-0.39, 0.29) is 0 Å². The number of anilines is 1. The maximum atomic E-state index is 5.83.